The highest BCUT2D eigenvalue weighted by molar-refractivity contribution is 6.10. The number of para-hydroxylation sites is 1. The number of halogens is 1. The smallest absolute Gasteiger partial charge is 0.274 e. The van der Waals surface area contributed by atoms with Crippen molar-refractivity contribution >= 4 is 23.2 Å². The van der Waals surface area contributed by atoms with Crippen molar-refractivity contribution in [1.82, 2.24) is 4.98 Å². The number of amides is 2. The van der Waals surface area contributed by atoms with E-state index in [4.69, 9.17) is 4.74 Å². The Balaban J connectivity index is 1.85. The van der Waals surface area contributed by atoms with Crippen molar-refractivity contribution in [2.24, 2.45) is 0 Å². The molecule has 28 heavy (non-hydrogen) atoms. The van der Waals surface area contributed by atoms with Gasteiger partial charge in [-0.25, -0.2) is 4.39 Å². The molecule has 1 heterocycles. The van der Waals surface area contributed by atoms with Crippen molar-refractivity contribution < 1.29 is 18.7 Å². The molecule has 0 unspecified atom stereocenters. The third-order valence-corrected chi connectivity index (χ3v) is 3.81. The number of ether oxygens (including phenoxy) is 1. The Morgan fingerprint density at radius 3 is 2.46 bits per heavy atom. The fourth-order valence-electron chi connectivity index (χ4n) is 2.54. The van der Waals surface area contributed by atoms with Gasteiger partial charge in [0, 0.05) is 6.20 Å². The van der Waals surface area contributed by atoms with E-state index in [0.29, 0.717) is 17.9 Å². The second-order valence-electron chi connectivity index (χ2n) is 5.74. The third-order valence-electron chi connectivity index (χ3n) is 3.81. The van der Waals surface area contributed by atoms with E-state index in [1.165, 1.54) is 18.3 Å². The topological polar surface area (TPSA) is 80.3 Å². The molecule has 0 atom stereocenters. The van der Waals surface area contributed by atoms with Crippen molar-refractivity contribution in [3.63, 3.8) is 0 Å². The molecule has 0 aliphatic carbocycles. The predicted molar refractivity (Wildman–Crippen MR) is 104 cm³/mol. The molecule has 0 saturated carbocycles. The van der Waals surface area contributed by atoms with Crippen molar-refractivity contribution in [2.45, 2.75) is 6.92 Å². The second kappa shape index (κ2) is 8.77. The monoisotopic (exact) mass is 379 g/mol. The van der Waals surface area contributed by atoms with Crippen molar-refractivity contribution in [3.05, 3.63) is 83.9 Å². The molecule has 142 valence electrons. The summed E-state index contributed by atoms with van der Waals surface area (Å²) >= 11 is 0. The van der Waals surface area contributed by atoms with Gasteiger partial charge < -0.3 is 15.4 Å². The Hall–Kier alpha value is -3.74. The van der Waals surface area contributed by atoms with Crippen molar-refractivity contribution in [1.29, 1.82) is 0 Å². The number of pyridine rings is 1. The summed E-state index contributed by atoms with van der Waals surface area (Å²) in [6.45, 7) is 2.21. The van der Waals surface area contributed by atoms with E-state index in [0.717, 1.165) is 6.07 Å². The largest absolute Gasteiger partial charge is 0.493 e. The van der Waals surface area contributed by atoms with Crippen LogP contribution in [0, 0.1) is 5.82 Å². The molecule has 0 aliphatic heterocycles. The molecule has 0 fully saturated rings. The predicted octanol–water partition coefficient (Wildman–Crippen LogP) is 4.12. The molecule has 0 radical (unpaired) electrons. The molecule has 3 aromatic rings. The van der Waals surface area contributed by atoms with Gasteiger partial charge in [0.1, 0.15) is 17.3 Å². The molecule has 0 saturated heterocycles. The van der Waals surface area contributed by atoms with E-state index in [1.54, 1.807) is 42.5 Å². The minimum atomic E-state index is -0.552. The van der Waals surface area contributed by atoms with Crippen molar-refractivity contribution in [2.75, 3.05) is 17.2 Å². The van der Waals surface area contributed by atoms with Crippen LogP contribution < -0.4 is 15.4 Å². The number of nitrogens with one attached hydrogen (secondary N) is 2. The molecular formula is C21H18FN3O3. The quantitative estimate of drug-likeness (QED) is 0.675. The van der Waals surface area contributed by atoms with Gasteiger partial charge in [-0.15, -0.1) is 0 Å². The third kappa shape index (κ3) is 4.50. The van der Waals surface area contributed by atoms with E-state index in [9.17, 15) is 14.0 Å². The number of carbonyl (C=O) groups excluding carboxylic acids is 2. The van der Waals surface area contributed by atoms with Gasteiger partial charge in [-0.3, -0.25) is 14.6 Å². The van der Waals surface area contributed by atoms with Gasteiger partial charge >= 0.3 is 0 Å². The Bertz CT molecular complexity index is 993. The number of anilines is 2. The standard InChI is InChI=1S/C21H18FN3O3/c1-2-28-19-9-4-3-7-15(19)20(26)25-18-13-14(22)10-11-16(18)24-21(27)17-8-5-6-12-23-17/h3-13H,2H2,1H3,(H,24,27)(H,25,26). The minimum Gasteiger partial charge on any atom is -0.493 e. The number of nitrogens with zero attached hydrogens (tertiary/aromatic N) is 1. The molecule has 0 spiro atoms. The zero-order valence-corrected chi connectivity index (χ0v) is 15.1. The molecule has 0 bridgehead atoms. The van der Waals surface area contributed by atoms with Crippen LogP contribution >= 0.6 is 0 Å². The summed E-state index contributed by atoms with van der Waals surface area (Å²) in [6.07, 6.45) is 1.49. The van der Waals surface area contributed by atoms with Crippen LogP contribution in [0.3, 0.4) is 0 Å². The Kier molecular flexibility index (Phi) is 5.96. The number of hydrogen-bond acceptors (Lipinski definition) is 4. The molecule has 0 aliphatic rings. The lowest BCUT2D eigenvalue weighted by Gasteiger charge is -2.14. The molecule has 2 amide bonds. The van der Waals surface area contributed by atoms with E-state index in [-0.39, 0.29) is 17.1 Å². The normalized spacial score (nSPS) is 10.2. The van der Waals surface area contributed by atoms with Gasteiger partial charge in [0.05, 0.1) is 23.5 Å². The molecule has 1 aromatic heterocycles. The van der Waals surface area contributed by atoms with E-state index in [1.807, 2.05) is 6.92 Å². The van der Waals surface area contributed by atoms with E-state index < -0.39 is 17.6 Å². The molecule has 2 N–H and O–H groups in total. The number of benzene rings is 2. The van der Waals surface area contributed by atoms with Crippen LogP contribution in [0.25, 0.3) is 0 Å². The van der Waals surface area contributed by atoms with Crippen LogP contribution in [0.15, 0.2) is 66.9 Å². The fourth-order valence-corrected chi connectivity index (χ4v) is 2.54. The number of carbonyl (C=O) groups is 2. The van der Waals surface area contributed by atoms with Crippen LogP contribution in [0.1, 0.15) is 27.8 Å². The van der Waals surface area contributed by atoms with Crippen LogP contribution in [0.4, 0.5) is 15.8 Å². The van der Waals surface area contributed by atoms with Crippen LogP contribution in [0.5, 0.6) is 5.75 Å². The highest BCUT2D eigenvalue weighted by atomic mass is 19.1. The van der Waals surface area contributed by atoms with Gasteiger partial charge in [0.15, 0.2) is 0 Å². The summed E-state index contributed by atoms with van der Waals surface area (Å²) in [4.78, 5) is 29.0. The molecule has 3 rings (SSSR count). The molecule has 6 nitrogen and oxygen atoms in total. The first kappa shape index (κ1) is 19.0. The van der Waals surface area contributed by atoms with Crippen LogP contribution in [-0.4, -0.2) is 23.4 Å². The second-order valence-corrected chi connectivity index (χ2v) is 5.74. The first-order chi connectivity index (χ1) is 13.6. The van der Waals surface area contributed by atoms with Gasteiger partial charge in [-0.2, -0.15) is 0 Å². The van der Waals surface area contributed by atoms with Crippen molar-refractivity contribution in [3.8, 4) is 5.75 Å². The summed E-state index contributed by atoms with van der Waals surface area (Å²) in [6, 6.07) is 15.4. The van der Waals surface area contributed by atoms with Gasteiger partial charge in [-0.05, 0) is 49.4 Å². The number of hydrogen-bond donors (Lipinski definition) is 2. The minimum absolute atomic E-state index is 0.126. The summed E-state index contributed by atoms with van der Waals surface area (Å²) in [5.41, 5.74) is 0.876. The SMILES string of the molecule is CCOc1ccccc1C(=O)Nc1cc(F)ccc1NC(=O)c1ccccn1. The maximum Gasteiger partial charge on any atom is 0.274 e. The van der Waals surface area contributed by atoms with Gasteiger partial charge in [0.25, 0.3) is 11.8 Å². The highest BCUT2D eigenvalue weighted by Gasteiger charge is 2.16. The first-order valence-electron chi connectivity index (χ1n) is 8.63. The zero-order valence-electron chi connectivity index (χ0n) is 15.1. The molecule has 7 heteroatoms. The van der Waals surface area contributed by atoms with E-state index >= 15 is 0 Å². The highest BCUT2D eigenvalue weighted by Crippen LogP contribution is 2.26. The zero-order chi connectivity index (χ0) is 19.9. The molecular weight excluding hydrogens is 361 g/mol. The average Bonchev–Trinajstić information content (AvgIpc) is 2.71. The summed E-state index contributed by atoms with van der Waals surface area (Å²) in [5, 5.41) is 5.27. The molecule has 2 aromatic carbocycles. The Labute approximate surface area is 161 Å². The van der Waals surface area contributed by atoms with Crippen LogP contribution in [-0.2, 0) is 0 Å². The number of rotatable bonds is 6. The van der Waals surface area contributed by atoms with Gasteiger partial charge in [-0.1, -0.05) is 18.2 Å². The summed E-state index contributed by atoms with van der Waals surface area (Å²) in [7, 11) is 0. The lowest BCUT2D eigenvalue weighted by atomic mass is 10.1. The lowest BCUT2D eigenvalue weighted by Crippen LogP contribution is -2.18. The summed E-state index contributed by atoms with van der Waals surface area (Å²) < 4.78 is 19.2. The lowest BCUT2D eigenvalue weighted by molar-refractivity contribution is 0.101. The average molecular weight is 379 g/mol. The summed E-state index contributed by atoms with van der Waals surface area (Å²) in [5.74, 6) is -1.09. The van der Waals surface area contributed by atoms with Crippen LogP contribution in [0.2, 0.25) is 0 Å². The van der Waals surface area contributed by atoms with Gasteiger partial charge in [0.2, 0.25) is 0 Å². The Morgan fingerprint density at radius 1 is 0.964 bits per heavy atom. The fraction of sp³-hybridized carbons (Fsp3) is 0.0952. The first-order valence-corrected chi connectivity index (χ1v) is 8.63. The number of aromatic nitrogens is 1. The van der Waals surface area contributed by atoms with E-state index in [2.05, 4.69) is 15.6 Å². The maximum absolute atomic E-state index is 13.8. The Morgan fingerprint density at radius 2 is 1.71 bits per heavy atom. The maximum atomic E-state index is 13.8.